The van der Waals surface area contributed by atoms with Crippen LogP contribution >= 0.6 is 11.8 Å². The van der Waals surface area contributed by atoms with E-state index in [0.29, 0.717) is 5.75 Å². The van der Waals surface area contributed by atoms with Crippen molar-refractivity contribution in [3.8, 4) is 0 Å². The molecule has 2 aliphatic rings. The molecule has 2 aliphatic heterocycles. The van der Waals surface area contributed by atoms with E-state index >= 15 is 0 Å². The number of carboxylic acid groups (broad SMARTS) is 1. The van der Waals surface area contributed by atoms with Gasteiger partial charge in [-0.3, -0.25) is 10.1 Å². The van der Waals surface area contributed by atoms with Crippen LogP contribution < -0.4 is 5.32 Å². The maximum atomic E-state index is 12.4. The van der Waals surface area contributed by atoms with Crippen LogP contribution in [-0.4, -0.2) is 55.6 Å². The first-order valence-corrected chi connectivity index (χ1v) is 7.18. The normalized spacial score (nSPS) is 26.2. The minimum atomic E-state index is -0.979. The fraction of sp³-hybridized carbons (Fsp3) is 0.545. The Kier molecular flexibility index (Phi) is 3.19. The molecule has 19 heavy (non-hydrogen) atoms. The number of thioether (sulfide) groups is 1. The zero-order valence-corrected chi connectivity index (χ0v) is 10.9. The number of carboxylic acids is 1. The minimum Gasteiger partial charge on any atom is -0.480 e. The maximum absolute atomic E-state index is 12.4. The van der Waals surface area contributed by atoms with Crippen molar-refractivity contribution < 1.29 is 14.7 Å². The molecule has 0 aliphatic carbocycles. The van der Waals surface area contributed by atoms with Gasteiger partial charge in [-0.05, 0) is 0 Å². The highest BCUT2D eigenvalue weighted by Crippen LogP contribution is 2.23. The first-order chi connectivity index (χ1) is 9.16. The first kappa shape index (κ1) is 12.5. The molecule has 1 aromatic heterocycles. The number of H-pyrrole nitrogens is 1. The van der Waals surface area contributed by atoms with Crippen LogP contribution in [0.15, 0.2) is 6.33 Å². The minimum absolute atomic E-state index is 0.141. The van der Waals surface area contributed by atoms with E-state index in [-0.39, 0.29) is 24.9 Å². The average molecular weight is 282 g/mol. The van der Waals surface area contributed by atoms with Crippen molar-refractivity contribution in [2.75, 3.05) is 11.6 Å². The van der Waals surface area contributed by atoms with Crippen LogP contribution in [0.3, 0.4) is 0 Å². The number of hydrogen-bond acceptors (Lipinski definition) is 5. The molecule has 1 amide bonds. The molecule has 8 heteroatoms. The van der Waals surface area contributed by atoms with Gasteiger partial charge in [-0.15, -0.1) is 11.8 Å². The Morgan fingerprint density at radius 1 is 1.53 bits per heavy atom. The number of nitrogens with zero attached hydrogens (tertiary/aromatic N) is 2. The van der Waals surface area contributed by atoms with Crippen molar-refractivity contribution in [3.63, 3.8) is 0 Å². The van der Waals surface area contributed by atoms with Gasteiger partial charge >= 0.3 is 5.97 Å². The van der Waals surface area contributed by atoms with Crippen LogP contribution in [0.25, 0.3) is 0 Å². The molecule has 0 bridgehead atoms. The first-order valence-electron chi connectivity index (χ1n) is 6.02. The molecule has 2 atom stereocenters. The zero-order valence-electron chi connectivity index (χ0n) is 10.1. The largest absolute Gasteiger partial charge is 0.480 e. The summed E-state index contributed by atoms with van der Waals surface area (Å²) in [6.07, 6.45) is 1.81. The average Bonchev–Trinajstić information content (AvgIpc) is 3.06. The summed E-state index contributed by atoms with van der Waals surface area (Å²) in [4.78, 5) is 32.3. The van der Waals surface area contributed by atoms with E-state index in [1.54, 1.807) is 18.1 Å². The van der Waals surface area contributed by atoms with Crippen LogP contribution in [0.1, 0.15) is 11.4 Å². The molecule has 0 saturated carbocycles. The number of imidazole rings is 1. The van der Waals surface area contributed by atoms with Gasteiger partial charge in [0.05, 0.1) is 30.3 Å². The van der Waals surface area contributed by atoms with Crippen LogP contribution in [0.4, 0.5) is 0 Å². The second kappa shape index (κ2) is 4.86. The summed E-state index contributed by atoms with van der Waals surface area (Å²) in [6.45, 7) is 0.286. The molecule has 0 aromatic carbocycles. The number of aromatic amines is 1. The van der Waals surface area contributed by atoms with Crippen molar-refractivity contribution in [1.82, 2.24) is 20.2 Å². The molecular weight excluding hydrogens is 268 g/mol. The molecule has 1 aromatic rings. The summed E-state index contributed by atoms with van der Waals surface area (Å²) in [5.74, 6) is 0.305. The Bertz CT molecular complexity index is 512. The monoisotopic (exact) mass is 282 g/mol. The third-order valence-corrected chi connectivity index (χ3v) is 4.42. The van der Waals surface area contributed by atoms with Crippen LogP contribution in [0.5, 0.6) is 0 Å². The molecule has 3 heterocycles. The predicted molar refractivity (Wildman–Crippen MR) is 68.5 cm³/mol. The van der Waals surface area contributed by atoms with Gasteiger partial charge < -0.3 is 15.0 Å². The van der Waals surface area contributed by atoms with E-state index in [1.807, 2.05) is 0 Å². The predicted octanol–water partition coefficient (Wildman–Crippen LogP) is -0.590. The van der Waals surface area contributed by atoms with Gasteiger partial charge in [0.15, 0.2) is 0 Å². The highest BCUT2D eigenvalue weighted by Gasteiger charge is 2.39. The van der Waals surface area contributed by atoms with E-state index in [2.05, 4.69) is 15.3 Å². The fourth-order valence-corrected chi connectivity index (χ4v) is 3.38. The fourth-order valence-electron chi connectivity index (χ4n) is 2.44. The lowest BCUT2D eigenvalue weighted by atomic mass is 10.0. The second-order valence-electron chi connectivity index (χ2n) is 4.62. The third kappa shape index (κ3) is 2.21. The third-order valence-electron chi connectivity index (χ3n) is 3.48. The number of carbonyl (C=O) groups excluding carboxylic acids is 1. The van der Waals surface area contributed by atoms with Gasteiger partial charge in [0.25, 0.3) is 0 Å². The number of aliphatic carboxylic acids is 1. The Hall–Kier alpha value is -1.54. The van der Waals surface area contributed by atoms with Gasteiger partial charge in [-0.2, -0.15) is 0 Å². The lowest BCUT2D eigenvalue weighted by Gasteiger charge is -2.33. The van der Waals surface area contributed by atoms with Crippen LogP contribution in [0.2, 0.25) is 0 Å². The Morgan fingerprint density at radius 3 is 3.05 bits per heavy atom. The van der Waals surface area contributed by atoms with Gasteiger partial charge in [0, 0.05) is 18.1 Å². The number of rotatable bonds is 2. The van der Waals surface area contributed by atoms with Crippen LogP contribution in [-0.2, 0) is 22.6 Å². The standard InChI is InChI=1S/C11H14N4O3S/c16-10(8-3-19-5-14-8)15-2-7-6(12-4-13-7)1-9(15)11(17)18/h4,8-9,14H,1-3,5H2,(H,12,13)(H,17,18). The van der Waals surface area contributed by atoms with Crippen molar-refractivity contribution in [2.24, 2.45) is 0 Å². The molecule has 0 radical (unpaired) electrons. The van der Waals surface area contributed by atoms with Gasteiger partial charge in [0.1, 0.15) is 6.04 Å². The number of carbonyl (C=O) groups is 2. The summed E-state index contributed by atoms with van der Waals surface area (Å²) in [5.41, 5.74) is 1.57. The molecule has 1 fully saturated rings. The molecule has 7 nitrogen and oxygen atoms in total. The van der Waals surface area contributed by atoms with Gasteiger partial charge in [0.2, 0.25) is 5.91 Å². The summed E-state index contributed by atoms with van der Waals surface area (Å²) < 4.78 is 0. The Balaban J connectivity index is 1.85. The van der Waals surface area contributed by atoms with E-state index < -0.39 is 12.0 Å². The van der Waals surface area contributed by atoms with E-state index in [0.717, 1.165) is 17.3 Å². The van der Waals surface area contributed by atoms with E-state index in [4.69, 9.17) is 0 Å². The summed E-state index contributed by atoms with van der Waals surface area (Å²) >= 11 is 1.65. The van der Waals surface area contributed by atoms with Crippen molar-refractivity contribution in [3.05, 3.63) is 17.7 Å². The lowest BCUT2D eigenvalue weighted by Crippen LogP contribution is -2.54. The van der Waals surface area contributed by atoms with Crippen molar-refractivity contribution in [1.29, 1.82) is 0 Å². The zero-order chi connectivity index (χ0) is 13.4. The highest BCUT2D eigenvalue weighted by atomic mass is 32.2. The van der Waals surface area contributed by atoms with Crippen molar-refractivity contribution in [2.45, 2.75) is 25.0 Å². The summed E-state index contributed by atoms with van der Waals surface area (Å²) in [5, 5.41) is 12.4. The number of nitrogens with one attached hydrogen (secondary N) is 2. The Labute approximate surface area is 113 Å². The summed E-state index contributed by atoms with van der Waals surface area (Å²) in [7, 11) is 0. The van der Waals surface area contributed by atoms with E-state index in [1.165, 1.54) is 4.90 Å². The highest BCUT2D eigenvalue weighted by molar-refractivity contribution is 7.99. The lowest BCUT2D eigenvalue weighted by molar-refractivity contribution is -0.152. The number of amides is 1. The van der Waals surface area contributed by atoms with Gasteiger partial charge in [-0.25, -0.2) is 9.78 Å². The molecule has 2 unspecified atom stereocenters. The Morgan fingerprint density at radius 2 is 2.37 bits per heavy atom. The smallest absolute Gasteiger partial charge is 0.326 e. The van der Waals surface area contributed by atoms with E-state index in [9.17, 15) is 14.7 Å². The maximum Gasteiger partial charge on any atom is 0.326 e. The molecular formula is C11H14N4O3S. The van der Waals surface area contributed by atoms with Gasteiger partial charge in [-0.1, -0.05) is 0 Å². The number of fused-ring (bicyclic) bond motifs is 1. The second-order valence-corrected chi connectivity index (χ2v) is 5.65. The SMILES string of the molecule is O=C(O)C1Cc2nc[nH]c2CN1C(=O)C1CSCN1. The van der Waals surface area contributed by atoms with Crippen molar-refractivity contribution >= 4 is 23.6 Å². The number of aromatic nitrogens is 2. The molecule has 102 valence electrons. The molecule has 3 N–H and O–H groups in total. The summed E-state index contributed by atoms with van der Waals surface area (Å²) in [6, 6.07) is -1.10. The van der Waals surface area contributed by atoms with Crippen LogP contribution in [0, 0.1) is 0 Å². The quantitative estimate of drug-likeness (QED) is 0.670. The molecule has 1 saturated heterocycles. The molecule has 3 rings (SSSR count). The number of hydrogen-bond donors (Lipinski definition) is 3. The topological polar surface area (TPSA) is 98.3 Å². The molecule has 0 spiro atoms.